The minimum atomic E-state index is 0.261. The fraction of sp³-hybridized carbons (Fsp3) is 0.450. The predicted octanol–water partition coefficient (Wildman–Crippen LogP) is 1.90. The molecule has 2 N–H and O–H groups in total. The van der Waals surface area contributed by atoms with Crippen molar-refractivity contribution >= 4 is 28.3 Å². The van der Waals surface area contributed by atoms with E-state index in [1.807, 2.05) is 16.5 Å². The molecule has 0 saturated carbocycles. The summed E-state index contributed by atoms with van der Waals surface area (Å²) in [6, 6.07) is 8.32. The lowest BCUT2D eigenvalue weighted by Crippen LogP contribution is -2.51. The zero-order valence-corrected chi connectivity index (χ0v) is 16.8. The molecular weight excluding hydrogens is 372 g/mol. The minimum absolute atomic E-state index is 0.261. The zero-order chi connectivity index (χ0) is 19.3. The van der Waals surface area contributed by atoms with Gasteiger partial charge in [0.25, 0.3) is 0 Å². The Morgan fingerprint density at radius 1 is 1.11 bits per heavy atom. The van der Waals surface area contributed by atoms with Crippen LogP contribution in [0.4, 0.5) is 5.13 Å². The molecule has 1 aromatic carbocycles. The quantitative estimate of drug-likeness (QED) is 0.615. The number of aromatic nitrogens is 1. The number of amides is 1. The molecule has 0 atom stereocenters. The number of nitrogens with two attached hydrogens (primary N) is 1. The van der Waals surface area contributed by atoms with Gasteiger partial charge < -0.3 is 20.4 Å². The number of likely N-dealkylation sites (tertiary alicyclic amines) is 1. The van der Waals surface area contributed by atoms with Gasteiger partial charge in [-0.1, -0.05) is 24.3 Å². The molecule has 2 aliphatic heterocycles. The lowest BCUT2D eigenvalue weighted by Gasteiger charge is -2.35. The number of carbonyl (C=O) groups excluding carboxylic acids is 1. The van der Waals surface area contributed by atoms with Gasteiger partial charge in [-0.2, -0.15) is 0 Å². The predicted molar refractivity (Wildman–Crippen MR) is 112 cm³/mol. The van der Waals surface area contributed by atoms with E-state index in [1.165, 1.54) is 0 Å². The van der Waals surface area contributed by atoms with Gasteiger partial charge in [-0.25, -0.2) is 9.98 Å². The van der Waals surface area contributed by atoms with E-state index >= 15 is 0 Å². The summed E-state index contributed by atoms with van der Waals surface area (Å²) in [5.41, 5.74) is 8.50. The highest BCUT2D eigenvalue weighted by molar-refractivity contribution is 7.13. The standard InChI is InChI=1S/C20H26N6OS/c21-19(24-9-11-25(12-10-24)20-22-7-13-28-20)23-14-16-3-5-17(6-4-16)15-26-8-1-2-18(26)27/h3-7,13H,1-2,8-12,14-15H2,(H2,21,23). The van der Waals surface area contributed by atoms with Crippen LogP contribution in [-0.4, -0.2) is 59.4 Å². The zero-order valence-electron chi connectivity index (χ0n) is 16.0. The second-order valence-electron chi connectivity index (χ2n) is 7.20. The van der Waals surface area contributed by atoms with Crippen LogP contribution in [0.2, 0.25) is 0 Å². The Balaban J connectivity index is 1.27. The van der Waals surface area contributed by atoms with Gasteiger partial charge >= 0.3 is 0 Å². The van der Waals surface area contributed by atoms with Gasteiger partial charge in [0, 0.05) is 57.3 Å². The molecule has 2 aliphatic rings. The second-order valence-corrected chi connectivity index (χ2v) is 8.07. The SMILES string of the molecule is NC(=NCc1ccc(CN2CCCC2=O)cc1)N1CCN(c2nccs2)CC1. The molecule has 8 heteroatoms. The van der Waals surface area contributed by atoms with Crippen molar-refractivity contribution in [2.75, 3.05) is 37.6 Å². The largest absolute Gasteiger partial charge is 0.370 e. The summed E-state index contributed by atoms with van der Waals surface area (Å²) in [6.45, 7) is 5.68. The number of carbonyl (C=O) groups is 1. The van der Waals surface area contributed by atoms with Crippen molar-refractivity contribution in [2.24, 2.45) is 10.7 Å². The molecule has 148 valence electrons. The average molecular weight is 399 g/mol. The highest BCUT2D eigenvalue weighted by atomic mass is 32.1. The Labute approximate surface area is 169 Å². The second kappa shape index (κ2) is 8.60. The molecule has 0 spiro atoms. The maximum atomic E-state index is 11.7. The van der Waals surface area contributed by atoms with E-state index in [2.05, 4.69) is 44.0 Å². The number of piperazine rings is 1. The van der Waals surface area contributed by atoms with Crippen LogP contribution in [0.15, 0.2) is 40.8 Å². The van der Waals surface area contributed by atoms with Crippen LogP contribution in [-0.2, 0) is 17.9 Å². The summed E-state index contributed by atoms with van der Waals surface area (Å²) in [5, 5.41) is 3.08. The maximum Gasteiger partial charge on any atom is 0.222 e. The fourth-order valence-electron chi connectivity index (χ4n) is 3.61. The number of hydrogen-bond donors (Lipinski definition) is 1. The number of anilines is 1. The number of benzene rings is 1. The van der Waals surface area contributed by atoms with Crippen molar-refractivity contribution in [3.8, 4) is 0 Å². The Hall–Kier alpha value is -2.61. The highest BCUT2D eigenvalue weighted by Crippen LogP contribution is 2.19. The van der Waals surface area contributed by atoms with Gasteiger partial charge in [0.1, 0.15) is 0 Å². The van der Waals surface area contributed by atoms with E-state index in [0.717, 1.165) is 55.4 Å². The molecule has 2 aromatic rings. The van der Waals surface area contributed by atoms with E-state index in [-0.39, 0.29) is 5.91 Å². The maximum absolute atomic E-state index is 11.7. The third-order valence-electron chi connectivity index (χ3n) is 5.28. The average Bonchev–Trinajstić information content (AvgIpc) is 3.40. The summed E-state index contributed by atoms with van der Waals surface area (Å²) in [5.74, 6) is 0.863. The molecule has 0 aliphatic carbocycles. The highest BCUT2D eigenvalue weighted by Gasteiger charge is 2.20. The van der Waals surface area contributed by atoms with E-state index in [0.29, 0.717) is 25.5 Å². The topological polar surface area (TPSA) is 78.1 Å². The van der Waals surface area contributed by atoms with Gasteiger partial charge in [-0.05, 0) is 17.5 Å². The van der Waals surface area contributed by atoms with Crippen LogP contribution < -0.4 is 10.6 Å². The molecule has 1 amide bonds. The number of guanidine groups is 1. The number of hydrogen-bond acceptors (Lipinski definition) is 5. The van der Waals surface area contributed by atoms with Crippen molar-refractivity contribution in [3.05, 3.63) is 47.0 Å². The molecule has 0 unspecified atom stereocenters. The summed E-state index contributed by atoms with van der Waals surface area (Å²) in [6.07, 6.45) is 3.50. The molecule has 2 saturated heterocycles. The Morgan fingerprint density at radius 3 is 2.50 bits per heavy atom. The van der Waals surface area contributed by atoms with Gasteiger partial charge in [0.05, 0.1) is 6.54 Å². The molecule has 2 fully saturated rings. The van der Waals surface area contributed by atoms with Gasteiger partial charge in [-0.15, -0.1) is 11.3 Å². The molecule has 28 heavy (non-hydrogen) atoms. The van der Waals surface area contributed by atoms with Crippen LogP contribution in [0.25, 0.3) is 0 Å². The molecule has 3 heterocycles. The van der Waals surface area contributed by atoms with E-state index in [9.17, 15) is 4.79 Å². The van der Waals surface area contributed by atoms with Crippen molar-refractivity contribution < 1.29 is 4.79 Å². The molecular formula is C20H26N6OS. The minimum Gasteiger partial charge on any atom is -0.370 e. The van der Waals surface area contributed by atoms with Crippen molar-refractivity contribution in [1.29, 1.82) is 0 Å². The van der Waals surface area contributed by atoms with Crippen molar-refractivity contribution in [1.82, 2.24) is 14.8 Å². The first-order valence-corrected chi connectivity index (χ1v) is 10.6. The van der Waals surface area contributed by atoms with Gasteiger partial charge in [0.15, 0.2) is 11.1 Å². The first-order chi connectivity index (χ1) is 13.7. The van der Waals surface area contributed by atoms with Crippen molar-refractivity contribution in [2.45, 2.75) is 25.9 Å². The van der Waals surface area contributed by atoms with Crippen LogP contribution >= 0.6 is 11.3 Å². The monoisotopic (exact) mass is 398 g/mol. The van der Waals surface area contributed by atoms with E-state index < -0.39 is 0 Å². The summed E-state index contributed by atoms with van der Waals surface area (Å²) >= 11 is 1.67. The van der Waals surface area contributed by atoms with E-state index in [1.54, 1.807) is 11.3 Å². The lowest BCUT2D eigenvalue weighted by atomic mass is 10.1. The lowest BCUT2D eigenvalue weighted by molar-refractivity contribution is -0.128. The van der Waals surface area contributed by atoms with Crippen LogP contribution in [0.5, 0.6) is 0 Å². The van der Waals surface area contributed by atoms with Gasteiger partial charge in [0.2, 0.25) is 5.91 Å². The van der Waals surface area contributed by atoms with Crippen LogP contribution in [0.1, 0.15) is 24.0 Å². The molecule has 4 rings (SSSR count). The fourth-order valence-corrected chi connectivity index (χ4v) is 4.31. The van der Waals surface area contributed by atoms with E-state index in [4.69, 9.17) is 5.73 Å². The van der Waals surface area contributed by atoms with Crippen LogP contribution in [0.3, 0.4) is 0 Å². The molecule has 0 radical (unpaired) electrons. The number of aliphatic imine (C=N–C) groups is 1. The Kier molecular flexibility index (Phi) is 5.76. The molecule has 0 bridgehead atoms. The normalized spacial score (nSPS) is 18.2. The summed E-state index contributed by atoms with van der Waals surface area (Å²) in [7, 11) is 0. The smallest absolute Gasteiger partial charge is 0.222 e. The number of rotatable bonds is 5. The summed E-state index contributed by atoms with van der Waals surface area (Å²) in [4.78, 5) is 27.0. The number of thiazole rings is 1. The van der Waals surface area contributed by atoms with Crippen molar-refractivity contribution in [3.63, 3.8) is 0 Å². The van der Waals surface area contributed by atoms with Gasteiger partial charge in [-0.3, -0.25) is 4.79 Å². The number of nitrogens with zero attached hydrogens (tertiary/aromatic N) is 5. The molecule has 1 aromatic heterocycles. The third kappa shape index (κ3) is 4.44. The van der Waals surface area contributed by atoms with Crippen LogP contribution in [0, 0.1) is 0 Å². The molecule has 7 nitrogen and oxygen atoms in total. The first kappa shape index (κ1) is 18.7. The Morgan fingerprint density at radius 2 is 1.86 bits per heavy atom. The summed E-state index contributed by atoms with van der Waals surface area (Å²) < 4.78 is 0. The Bertz CT molecular complexity index is 812. The first-order valence-electron chi connectivity index (χ1n) is 9.74. The third-order valence-corrected chi connectivity index (χ3v) is 6.12.